The Morgan fingerprint density at radius 1 is 1.39 bits per heavy atom. The number of carbonyl (C=O) groups excluding carboxylic acids is 1. The minimum Gasteiger partial charge on any atom is -0.336 e. The van der Waals surface area contributed by atoms with Gasteiger partial charge in [-0.25, -0.2) is 0 Å². The van der Waals surface area contributed by atoms with E-state index in [1.54, 1.807) is 0 Å². The summed E-state index contributed by atoms with van der Waals surface area (Å²) >= 11 is 7.79. The van der Waals surface area contributed by atoms with Gasteiger partial charge in [-0.3, -0.25) is 4.79 Å². The smallest absolute Gasteiger partial charge is 0.255 e. The molecule has 98 valence electrons. The maximum atomic E-state index is 12.5. The summed E-state index contributed by atoms with van der Waals surface area (Å²) in [6.07, 6.45) is 2.30. The molecular weight excluding hydrogens is 310 g/mol. The van der Waals surface area contributed by atoms with Gasteiger partial charge in [0.2, 0.25) is 0 Å². The summed E-state index contributed by atoms with van der Waals surface area (Å²) in [4.78, 5) is 15.3. The summed E-state index contributed by atoms with van der Waals surface area (Å²) in [7, 11) is 0. The largest absolute Gasteiger partial charge is 0.336 e. The predicted octanol–water partition coefficient (Wildman–Crippen LogP) is 4.00. The molecule has 18 heavy (non-hydrogen) atoms. The maximum absolute atomic E-state index is 12.5. The zero-order valence-corrected chi connectivity index (χ0v) is 13.2. The molecule has 1 fully saturated rings. The van der Waals surface area contributed by atoms with E-state index in [0.29, 0.717) is 17.5 Å². The van der Waals surface area contributed by atoms with Crippen LogP contribution in [0.2, 0.25) is 0 Å². The van der Waals surface area contributed by atoms with Gasteiger partial charge in [-0.1, -0.05) is 22.9 Å². The SMILES string of the molecule is CC1CCC(C)N(C(=O)c2ccc(Br)cc2S)C1. The Morgan fingerprint density at radius 2 is 2.11 bits per heavy atom. The van der Waals surface area contributed by atoms with Crippen molar-refractivity contribution in [3.05, 3.63) is 28.2 Å². The molecule has 0 aromatic heterocycles. The van der Waals surface area contributed by atoms with Crippen LogP contribution in [0, 0.1) is 5.92 Å². The third kappa shape index (κ3) is 2.91. The molecule has 2 rings (SSSR count). The third-order valence-electron chi connectivity index (χ3n) is 3.57. The number of hydrogen-bond acceptors (Lipinski definition) is 2. The van der Waals surface area contributed by atoms with Gasteiger partial charge in [-0.15, -0.1) is 12.6 Å². The lowest BCUT2D eigenvalue weighted by molar-refractivity contribution is 0.0570. The molecule has 0 bridgehead atoms. The minimum absolute atomic E-state index is 0.103. The van der Waals surface area contributed by atoms with Crippen LogP contribution in [0.25, 0.3) is 0 Å². The summed E-state index contributed by atoms with van der Waals surface area (Å²) in [6.45, 7) is 5.18. The zero-order chi connectivity index (χ0) is 13.3. The molecule has 1 heterocycles. The molecule has 2 unspecified atom stereocenters. The van der Waals surface area contributed by atoms with Gasteiger partial charge >= 0.3 is 0 Å². The number of carbonyl (C=O) groups is 1. The van der Waals surface area contributed by atoms with Gasteiger partial charge in [0.15, 0.2) is 0 Å². The summed E-state index contributed by atoms with van der Waals surface area (Å²) in [6, 6.07) is 5.94. The summed E-state index contributed by atoms with van der Waals surface area (Å²) in [5, 5.41) is 0. The number of nitrogens with zero attached hydrogens (tertiary/aromatic N) is 1. The number of amides is 1. The lowest BCUT2D eigenvalue weighted by atomic mass is 9.94. The van der Waals surface area contributed by atoms with Crippen LogP contribution in [-0.2, 0) is 0 Å². The van der Waals surface area contributed by atoms with E-state index in [9.17, 15) is 4.79 Å². The first-order chi connectivity index (χ1) is 8.49. The predicted molar refractivity (Wildman–Crippen MR) is 80.3 cm³/mol. The molecule has 1 aromatic carbocycles. The highest BCUT2D eigenvalue weighted by Gasteiger charge is 2.28. The monoisotopic (exact) mass is 327 g/mol. The molecule has 2 atom stereocenters. The van der Waals surface area contributed by atoms with Gasteiger partial charge in [-0.05, 0) is 43.9 Å². The van der Waals surface area contributed by atoms with Crippen molar-refractivity contribution in [1.82, 2.24) is 4.90 Å². The summed E-state index contributed by atoms with van der Waals surface area (Å²) < 4.78 is 0.948. The van der Waals surface area contributed by atoms with Gasteiger partial charge in [0, 0.05) is 22.0 Å². The first kappa shape index (κ1) is 13.9. The number of benzene rings is 1. The number of piperidine rings is 1. The van der Waals surface area contributed by atoms with Crippen molar-refractivity contribution < 1.29 is 4.79 Å². The molecule has 0 radical (unpaired) electrons. The fourth-order valence-corrected chi connectivity index (χ4v) is 3.26. The maximum Gasteiger partial charge on any atom is 0.255 e. The Morgan fingerprint density at radius 3 is 2.78 bits per heavy atom. The number of halogens is 1. The van der Waals surface area contributed by atoms with Crippen molar-refractivity contribution in [2.75, 3.05) is 6.54 Å². The summed E-state index contributed by atoms with van der Waals surface area (Å²) in [5.41, 5.74) is 0.697. The van der Waals surface area contributed by atoms with Crippen LogP contribution in [0.1, 0.15) is 37.0 Å². The Hall–Kier alpha value is -0.480. The second-order valence-corrected chi connectivity index (χ2v) is 6.55. The lowest BCUT2D eigenvalue weighted by Gasteiger charge is -2.37. The van der Waals surface area contributed by atoms with Crippen LogP contribution in [0.4, 0.5) is 0 Å². The molecule has 1 aliphatic rings. The van der Waals surface area contributed by atoms with Crippen LogP contribution in [0.5, 0.6) is 0 Å². The highest BCUT2D eigenvalue weighted by molar-refractivity contribution is 9.10. The summed E-state index contributed by atoms with van der Waals surface area (Å²) in [5.74, 6) is 0.690. The van der Waals surface area contributed by atoms with E-state index >= 15 is 0 Å². The van der Waals surface area contributed by atoms with E-state index in [-0.39, 0.29) is 5.91 Å². The van der Waals surface area contributed by atoms with Crippen LogP contribution >= 0.6 is 28.6 Å². The van der Waals surface area contributed by atoms with Crippen LogP contribution in [0.15, 0.2) is 27.6 Å². The zero-order valence-electron chi connectivity index (χ0n) is 10.7. The number of rotatable bonds is 1. The van der Waals surface area contributed by atoms with Crippen molar-refractivity contribution in [2.24, 2.45) is 5.92 Å². The Kier molecular flexibility index (Phi) is 4.38. The molecular formula is C14H18BrNOS. The third-order valence-corrected chi connectivity index (χ3v) is 4.43. The van der Waals surface area contributed by atoms with E-state index in [1.807, 2.05) is 23.1 Å². The Labute approximate surface area is 122 Å². The van der Waals surface area contributed by atoms with Crippen molar-refractivity contribution in [1.29, 1.82) is 0 Å². The molecule has 1 saturated heterocycles. The Bertz CT molecular complexity index is 463. The second kappa shape index (κ2) is 5.66. The second-order valence-electron chi connectivity index (χ2n) is 5.15. The van der Waals surface area contributed by atoms with E-state index < -0.39 is 0 Å². The van der Waals surface area contributed by atoms with E-state index in [0.717, 1.165) is 22.3 Å². The number of thiol groups is 1. The highest BCUT2D eigenvalue weighted by atomic mass is 79.9. The van der Waals surface area contributed by atoms with E-state index in [4.69, 9.17) is 0 Å². The number of likely N-dealkylation sites (tertiary alicyclic amines) is 1. The highest BCUT2D eigenvalue weighted by Crippen LogP contribution is 2.26. The molecule has 0 aliphatic carbocycles. The first-order valence-corrected chi connectivity index (χ1v) is 7.52. The fourth-order valence-electron chi connectivity index (χ4n) is 2.41. The average Bonchev–Trinajstić information content (AvgIpc) is 2.31. The molecule has 0 N–H and O–H groups in total. The molecule has 1 aromatic rings. The van der Waals surface area contributed by atoms with E-state index in [1.165, 1.54) is 6.42 Å². The standard InChI is InChI=1S/C14H18BrNOS/c1-9-3-4-10(2)16(8-9)14(17)12-6-5-11(15)7-13(12)18/h5-7,9-10,18H,3-4,8H2,1-2H3. The molecule has 4 heteroatoms. The molecule has 1 amide bonds. The molecule has 1 aliphatic heterocycles. The van der Waals surface area contributed by atoms with Gasteiger partial charge in [0.25, 0.3) is 5.91 Å². The van der Waals surface area contributed by atoms with Crippen molar-refractivity contribution in [2.45, 2.75) is 37.6 Å². The normalized spacial score (nSPS) is 24.1. The molecule has 2 nitrogen and oxygen atoms in total. The van der Waals surface area contributed by atoms with E-state index in [2.05, 4.69) is 42.4 Å². The average molecular weight is 328 g/mol. The number of hydrogen-bond donors (Lipinski definition) is 1. The molecule has 0 saturated carbocycles. The van der Waals surface area contributed by atoms with Crippen molar-refractivity contribution in [3.8, 4) is 0 Å². The van der Waals surface area contributed by atoms with Crippen LogP contribution in [0.3, 0.4) is 0 Å². The van der Waals surface area contributed by atoms with Crippen molar-refractivity contribution >= 4 is 34.5 Å². The first-order valence-electron chi connectivity index (χ1n) is 6.28. The van der Waals surface area contributed by atoms with Crippen molar-refractivity contribution in [3.63, 3.8) is 0 Å². The van der Waals surface area contributed by atoms with Gasteiger partial charge in [0.1, 0.15) is 0 Å². The van der Waals surface area contributed by atoms with Crippen LogP contribution in [-0.4, -0.2) is 23.4 Å². The Balaban J connectivity index is 2.24. The van der Waals surface area contributed by atoms with Gasteiger partial charge in [0.05, 0.1) is 5.56 Å². The molecule has 0 spiro atoms. The van der Waals surface area contributed by atoms with Gasteiger partial charge < -0.3 is 4.90 Å². The minimum atomic E-state index is 0.103. The van der Waals surface area contributed by atoms with Crippen LogP contribution < -0.4 is 0 Å². The quantitative estimate of drug-likeness (QED) is 0.773. The van der Waals surface area contributed by atoms with Gasteiger partial charge in [-0.2, -0.15) is 0 Å². The topological polar surface area (TPSA) is 20.3 Å². The lowest BCUT2D eigenvalue weighted by Crippen LogP contribution is -2.45. The fraction of sp³-hybridized carbons (Fsp3) is 0.500.